The van der Waals surface area contributed by atoms with Gasteiger partial charge in [0.15, 0.2) is 0 Å². The third-order valence-corrected chi connectivity index (χ3v) is 5.54. The number of nitrogens with two attached hydrogens (primary N) is 1. The Morgan fingerprint density at radius 1 is 1.29 bits per heavy atom. The van der Waals surface area contributed by atoms with Crippen molar-refractivity contribution in [1.82, 2.24) is 4.90 Å². The van der Waals surface area contributed by atoms with E-state index in [1.54, 1.807) is 36.1 Å². The fraction of sp³-hybridized carbons (Fsp3) is 0.316. The Balaban J connectivity index is 1.89. The summed E-state index contributed by atoms with van der Waals surface area (Å²) in [5.74, 6) is -0.589. The normalized spacial score (nSPS) is 12.9. The molecule has 0 radical (unpaired) electrons. The van der Waals surface area contributed by atoms with Gasteiger partial charge in [-0.1, -0.05) is 12.1 Å². The summed E-state index contributed by atoms with van der Waals surface area (Å²) >= 11 is 1.24. The predicted molar refractivity (Wildman–Crippen MR) is 105 cm³/mol. The number of rotatable bonds is 5. The van der Waals surface area contributed by atoms with Crippen LogP contribution in [0.25, 0.3) is 0 Å². The average Bonchev–Trinajstić information content (AvgIpc) is 3.05. The van der Waals surface area contributed by atoms with Crippen LogP contribution in [0.3, 0.4) is 0 Å². The van der Waals surface area contributed by atoms with Crippen molar-refractivity contribution in [3.8, 4) is 5.75 Å². The highest BCUT2D eigenvalue weighted by molar-refractivity contribution is 7.17. The van der Waals surface area contributed by atoms with Crippen LogP contribution in [0.4, 0.5) is 9.80 Å². The van der Waals surface area contributed by atoms with Crippen LogP contribution in [0.5, 0.6) is 5.75 Å². The highest BCUT2D eigenvalue weighted by Crippen LogP contribution is 2.37. The molecule has 0 spiro atoms. The van der Waals surface area contributed by atoms with Gasteiger partial charge in [-0.05, 0) is 31.0 Å². The predicted octanol–water partition coefficient (Wildman–Crippen LogP) is 2.62. The van der Waals surface area contributed by atoms with Crippen molar-refractivity contribution in [1.29, 1.82) is 0 Å². The number of hydrogen-bond donors (Lipinski definition) is 2. The molecule has 0 saturated heterocycles. The number of carbonyl (C=O) groups is 3. The molecular formula is C19H21N3O5S. The van der Waals surface area contributed by atoms with E-state index in [-0.39, 0.29) is 0 Å². The number of amides is 3. The number of hydrogen-bond acceptors (Lipinski definition) is 6. The number of nitrogens with zero attached hydrogens (tertiary/aromatic N) is 1. The van der Waals surface area contributed by atoms with E-state index in [4.69, 9.17) is 15.2 Å². The second-order valence-corrected chi connectivity index (χ2v) is 7.20. The zero-order valence-corrected chi connectivity index (χ0v) is 16.4. The number of nitrogens with one attached hydrogen (secondary N) is 1. The van der Waals surface area contributed by atoms with E-state index in [2.05, 4.69) is 5.32 Å². The number of methoxy groups -OCH3 is 1. The summed E-state index contributed by atoms with van der Waals surface area (Å²) in [6.07, 6.45) is 0.0646. The van der Waals surface area contributed by atoms with E-state index in [0.29, 0.717) is 48.0 Å². The summed E-state index contributed by atoms with van der Waals surface area (Å²) in [5, 5.41) is 3.15. The minimum absolute atomic E-state index is 0.291. The molecule has 0 unspecified atom stereocenters. The maximum atomic E-state index is 12.7. The Hall–Kier alpha value is -3.07. The molecule has 1 aliphatic rings. The Kier molecular flexibility index (Phi) is 5.84. The molecule has 9 heteroatoms. The third-order valence-electron chi connectivity index (χ3n) is 4.41. The Labute approximate surface area is 166 Å². The van der Waals surface area contributed by atoms with Crippen molar-refractivity contribution in [2.24, 2.45) is 5.73 Å². The number of ether oxygens (including phenoxy) is 2. The monoisotopic (exact) mass is 403 g/mol. The molecule has 2 heterocycles. The highest BCUT2D eigenvalue weighted by Gasteiger charge is 2.30. The van der Waals surface area contributed by atoms with Crippen LogP contribution in [0.1, 0.15) is 38.1 Å². The lowest BCUT2D eigenvalue weighted by atomic mass is 10.0. The van der Waals surface area contributed by atoms with Crippen molar-refractivity contribution in [2.75, 3.05) is 25.6 Å². The first kappa shape index (κ1) is 19.7. The van der Waals surface area contributed by atoms with Crippen molar-refractivity contribution < 1.29 is 23.9 Å². The molecule has 0 atom stereocenters. The van der Waals surface area contributed by atoms with Crippen LogP contribution in [-0.4, -0.2) is 43.1 Å². The number of thiophene rings is 1. The van der Waals surface area contributed by atoms with Gasteiger partial charge >= 0.3 is 6.09 Å². The van der Waals surface area contributed by atoms with E-state index in [1.807, 2.05) is 0 Å². The third kappa shape index (κ3) is 3.79. The second-order valence-electron chi connectivity index (χ2n) is 6.10. The molecule has 1 aliphatic heterocycles. The molecule has 1 aromatic carbocycles. The van der Waals surface area contributed by atoms with Gasteiger partial charge in [0.05, 0.1) is 31.4 Å². The van der Waals surface area contributed by atoms with Crippen LogP contribution in [0.15, 0.2) is 24.3 Å². The quantitative estimate of drug-likeness (QED) is 0.797. The number of benzene rings is 1. The van der Waals surface area contributed by atoms with Gasteiger partial charge in [-0.15, -0.1) is 11.3 Å². The van der Waals surface area contributed by atoms with E-state index in [9.17, 15) is 14.4 Å². The molecule has 0 aliphatic carbocycles. The highest BCUT2D eigenvalue weighted by atomic mass is 32.1. The first-order valence-corrected chi connectivity index (χ1v) is 9.58. The van der Waals surface area contributed by atoms with Crippen LogP contribution in [-0.2, 0) is 17.7 Å². The van der Waals surface area contributed by atoms with Crippen molar-refractivity contribution >= 4 is 34.2 Å². The summed E-state index contributed by atoms with van der Waals surface area (Å²) < 4.78 is 10.3. The maximum Gasteiger partial charge on any atom is 0.410 e. The zero-order chi connectivity index (χ0) is 20.3. The average molecular weight is 403 g/mol. The van der Waals surface area contributed by atoms with Crippen molar-refractivity contribution in [2.45, 2.75) is 19.9 Å². The van der Waals surface area contributed by atoms with Crippen LogP contribution < -0.4 is 15.8 Å². The van der Waals surface area contributed by atoms with E-state index in [0.717, 1.165) is 10.4 Å². The maximum absolute atomic E-state index is 12.7. The van der Waals surface area contributed by atoms with E-state index >= 15 is 0 Å². The van der Waals surface area contributed by atoms with Gasteiger partial charge in [0.2, 0.25) is 0 Å². The number of anilines is 1. The fourth-order valence-electron chi connectivity index (χ4n) is 3.13. The Morgan fingerprint density at radius 3 is 2.71 bits per heavy atom. The number of para-hydroxylation sites is 1. The van der Waals surface area contributed by atoms with Crippen LogP contribution in [0.2, 0.25) is 0 Å². The summed E-state index contributed by atoms with van der Waals surface area (Å²) in [4.78, 5) is 39.2. The topological polar surface area (TPSA) is 111 Å². The molecule has 1 aromatic heterocycles. The molecular weight excluding hydrogens is 382 g/mol. The Morgan fingerprint density at radius 2 is 2.04 bits per heavy atom. The summed E-state index contributed by atoms with van der Waals surface area (Å²) in [6.45, 7) is 2.76. The molecule has 0 bridgehead atoms. The van der Waals surface area contributed by atoms with Gasteiger partial charge in [0, 0.05) is 11.4 Å². The van der Waals surface area contributed by atoms with E-state index < -0.39 is 17.9 Å². The minimum Gasteiger partial charge on any atom is -0.496 e. The van der Waals surface area contributed by atoms with Gasteiger partial charge in [-0.3, -0.25) is 9.59 Å². The standard InChI is InChI=1S/C19H21N3O5S/c1-3-27-19(25)22-9-8-12-14(10-22)28-18(15(12)16(20)23)21-17(24)11-6-4-5-7-13(11)26-2/h4-7H,3,8-10H2,1-2H3,(H2,20,23)(H,21,24). The van der Waals surface area contributed by atoms with Gasteiger partial charge in [0.1, 0.15) is 10.8 Å². The molecule has 3 N–H and O–H groups in total. The summed E-state index contributed by atoms with van der Waals surface area (Å²) in [6, 6.07) is 6.80. The summed E-state index contributed by atoms with van der Waals surface area (Å²) in [5.41, 5.74) is 7.00. The number of fused-ring (bicyclic) bond motifs is 1. The van der Waals surface area contributed by atoms with Crippen molar-refractivity contribution in [3.05, 3.63) is 45.8 Å². The first-order valence-electron chi connectivity index (χ1n) is 8.76. The van der Waals surface area contributed by atoms with Crippen molar-refractivity contribution in [3.63, 3.8) is 0 Å². The smallest absolute Gasteiger partial charge is 0.410 e. The molecule has 3 rings (SSSR count). The summed E-state index contributed by atoms with van der Waals surface area (Å²) in [7, 11) is 1.48. The van der Waals surface area contributed by atoms with Gasteiger partial charge in [-0.25, -0.2) is 4.79 Å². The van der Waals surface area contributed by atoms with Gasteiger partial charge < -0.3 is 25.4 Å². The largest absolute Gasteiger partial charge is 0.496 e. The van der Waals surface area contributed by atoms with E-state index in [1.165, 1.54) is 18.4 Å². The van der Waals surface area contributed by atoms with Gasteiger partial charge in [-0.2, -0.15) is 0 Å². The van der Waals surface area contributed by atoms with Crippen LogP contribution >= 0.6 is 11.3 Å². The minimum atomic E-state index is -0.614. The molecule has 0 fully saturated rings. The Bertz CT molecular complexity index is 924. The number of carbonyl (C=O) groups excluding carboxylic acids is 3. The zero-order valence-electron chi connectivity index (χ0n) is 15.6. The number of primary amides is 1. The second kappa shape index (κ2) is 8.30. The lowest BCUT2D eigenvalue weighted by Crippen LogP contribution is -2.36. The molecule has 2 aromatic rings. The molecule has 0 saturated carbocycles. The van der Waals surface area contributed by atoms with Crippen LogP contribution in [0, 0.1) is 0 Å². The lowest BCUT2D eigenvalue weighted by molar-refractivity contribution is 0.0997. The molecule has 3 amide bonds. The fourth-order valence-corrected chi connectivity index (χ4v) is 4.39. The SMILES string of the molecule is CCOC(=O)N1CCc2c(sc(NC(=O)c3ccccc3OC)c2C(N)=O)C1. The molecule has 28 heavy (non-hydrogen) atoms. The molecule has 148 valence electrons. The van der Waals surface area contributed by atoms with Gasteiger partial charge in [0.25, 0.3) is 11.8 Å². The molecule has 8 nitrogen and oxygen atoms in total. The first-order chi connectivity index (χ1) is 13.5. The lowest BCUT2D eigenvalue weighted by Gasteiger charge is -2.26.